The average Bonchev–Trinajstić information content (AvgIpc) is 1.95. The zero-order chi connectivity index (χ0) is 8.48. The van der Waals surface area contributed by atoms with Gasteiger partial charge in [-0.2, -0.15) is 0 Å². The van der Waals surface area contributed by atoms with Crippen molar-refractivity contribution in [3.8, 4) is 0 Å². The molecular weight excluding hydrogens is 144 g/mol. The molecule has 1 saturated carbocycles. The fourth-order valence-corrected chi connectivity index (χ4v) is 1.56. The Morgan fingerprint density at radius 1 is 1.55 bits per heavy atom. The van der Waals surface area contributed by atoms with E-state index in [1.807, 2.05) is 0 Å². The third kappa shape index (κ3) is 1.38. The van der Waals surface area contributed by atoms with Gasteiger partial charge in [-0.15, -0.1) is 0 Å². The third-order valence-electron chi connectivity index (χ3n) is 2.65. The van der Waals surface area contributed by atoms with Gasteiger partial charge >= 0.3 is 5.97 Å². The number of aliphatic hydroxyl groups excluding tert-OH is 1. The van der Waals surface area contributed by atoms with Crippen LogP contribution in [0.25, 0.3) is 0 Å². The highest BCUT2D eigenvalue weighted by molar-refractivity contribution is 5.75. The van der Waals surface area contributed by atoms with Gasteiger partial charge in [0.2, 0.25) is 0 Å². The normalized spacial score (nSPS) is 38.5. The van der Waals surface area contributed by atoms with Gasteiger partial charge in [0, 0.05) is 0 Å². The molecule has 64 valence electrons. The standard InChI is InChI=1S/C8H14O3/c1-8(7(10)11)5-3-2-4-6(8)9/h6,9H,2-5H2,1H3,(H,10,11)/t6-,8-/m1/s1. The highest BCUT2D eigenvalue weighted by Crippen LogP contribution is 2.36. The van der Waals surface area contributed by atoms with Gasteiger partial charge in [0.05, 0.1) is 11.5 Å². The summed E-state index contributed by atoms with van der Waals surface area (Å²) in [6.07, 6.45) is 2.43. The van der Waals surface area contributed by atoms with Crippen LogP contribution >= 0.6 is 0 Å². The van der Waals surface area contributed by atoms with Crippen molar-refractivity contribution in [2.45, 2.75) is 38.7 Å². The minimum atomic E-state index is -0.891. The second kappa shape index (κ2) is 2.81. The lowest BCUT2D eigenvalue weighted by molar-refractivity contribution is -0.158. The smallest absolute Gasteiger partial charge is 0.311 e. The van der Waals surface area contributed by atoms with Gasteiger partial charge in [-0.25, -0.2) is 0 Å². The van der Waals surface area contributed by atoms with Crippen molar-refractivity contribution in [2.24, 2.45) is 5.41 Å². The molecule has 0 unspecified atom stereocenters. The number of carboxylic acid groups (broad SMARTS) is 1. The highest BCUT2D eigenvalue weighted by atomic mass is 16.4. The first kappa shape index (κ1) is 8.53. The zero-order valence-electron chi connectivity index (χ0n) is 6.71. The van der Waals surface area contributed by atoms with Crippen LogP contribution in [0.15, 0.2) is 0 Å². The topological polar surface area (TPSA) is 57.5 Å². The quantitative estimate of drug-likeness (QED) is 0.598. The maximum atomic E-state index is 10.7. The van der Waals surface area contributed by atoms with Crippen LogP contribution in [-0.2, 0) is 4.79 Å². The van der Waals surface area contributed by atoms with E-state index in [-0.39, 0.29) is 0 Å². The molecule has 0 saturated heterocycles. The van der Waals surface area contributed by atoms with Crippen LogP contribution in [0.2, 0.25) is 0 Å². The molecule has 1 aliphatic carbocycles. The second-order valence-corrected chi connectivity index (χ2v) is 3.48. The Balaban J connectivity index is 2.72. The highest BCUT2D eigenvalue weighted by Gasteiger charge is 2.41. The van der Waals surface area contributed by atoms with Crippen molar-refractivity contribution in [1.82, 2.24) is 0 Å². The molecule has 1 aliphatic rings. The Morgan fingerprint density at radius 2 is 2.18 bits per heavy atom. The number of hydrogen-bond donors (Lipinski definition) is 2. The molecule has 0 amide bonds. The van der Waals surface area contributed by atoms with Crippen molar-refractivity contribution in [3.63, 3.8) is 0 Å². The molecule has 0 spiro atoms. The van der Waals surface area contributed by atoms with E-state index in [2.05, 4.69) is 0 Å². The third-order valence-corrected chi connectivity index (χ3v) is 2.65. The van der Waals surface area contributed by atoms with Gasteiger partial charge in [-0.1, -0.05) is 12.8 Å². The molecule has 2 atom stereocenters. The Morgan fingerprint density at radius 3 is 2.55 bits per heavy atom. The number of rotatable bonds is 1. The van der Waals surface area contributed by atoms with Crippen LogP contribution in [0, 0.1) is 5.41 Å². The summed E-state index contributed by atoms with van der Waals surface area (Å²) < 4.78 is 0. The molecule has 0 heterocycles. The van der Waals surface area contributed by atoms with Gasteiger partial charge in [0.15, 0.2) is 0 Å². The van der Waals surface area contributed by atoms with Crippen LogP contribution in [0.4, 0.5) is 0 Å². The molecule has 3 heteroatoms. The van der Waals surface area contributed by atoms with Crippen LogP contribution in [0.3, 0.4) is 0 Å². The summed E-state index contributed by atoms with van der Waals surface area (Å²) in [5.41, 5.74) is -0.891. The van der Waals surface area contributed by atoms with Gasteiger partial charge in [-0.3, -0.25) is 4.79 Å². The molecule has 0 aromatic rings. The number of carbonyl (C=O) groups is 1. The van der Waals surface area contributed by atoms with Crippen LogP contribution in [-0.4, -0.2) is 22.3 Å². The molecule has 1 rings (SSSR count). The molecular formula is C8H14O3. The molecule has 0 aromatic heterocycles. The van der Waals surface area contributed by atoms with Gasteiger partial charge in [0.1, 0.15) is 0 Å². The summed E-state index contributed by atoms with van der Waals surface area (Å²) in [6.45, 7) is 1.62. The van der Waals surface area contributed by atoms with E-state index in [4.69, 9.17) is 5.11 Å². The Kier molecular flexibility index (Phi) is 2.18. The lowest BCUT2D eigenvalue weighted by atomic mass is 9.73. The molecule has 0 aromatic carbocycles. The monoisotopic (exact) mass is 158 g/mol. The summed E-state index contributed by atoms with van der Waals surface area (Å²) in [5.74, 6) is -0.871. The molecule has 3 nitrogen and oxygen atoms in total. The van der Waals surface area contributed by atoms with E-state index in [1.165, 1.54) is 0 Å². The first-order chi connectivity index (χ1) is 5.07. The molecule has 2 N–H and O–H groups in total. The van der Waals surface area contributed by atoms with Crippen LogP contribution in [0.1, 0.15) is 32.6 Å². The summed E-state index contributed by atoms with van der Waals surface area (Å²) in [4.78, 5) is 10.7. The lowest BCUT2D eigenvalue weighted by Crippen LogP contribution is -2.42. The molecule has 0 bridgehead atoms. The van der Waals surface area contributed by atoms with E-state index >= 15 is 0 Å². The Labute approximate surface area is 66.0 Å². The van der Waals surface area contributed by atoms with Crippen LogP contribution < -0.4 is 0 Å². The molecule has 1 fully saturated rings. The first-order valence-electron chi connectivity index (χ1n) is 3.99. The number of hydrogen-bond acceptors (Lipinski definition) is 2. The van der Waals surface area contributed by atoms with Gasteiger partial charge < -0.3 is 10.2 Å². The van der Waals surface area contributed by atoms with Gasteiger partial charge in [-0.05, 0) is 19.8 Å². The first-order valence-corrected chi connectivity index (χ1v) is 3.99. The minimum absolute atomic E-state index is 0.601. The predicted molar refractivity (Wildman–Crippen MR) is 40.2 cm³/mol. The van der Waals surface area contributed by atoms with E-state index < -0.39 is 17.5 Å². The van der Waals surface area contributed by atoms with E-state index in [9.17, 15) is 9.90 Å². The lowest BCUT2D eigenvalue weighted by Gasteiger charge is -2.34. The summed E-state index contributed by atoms with van der Waals surface area (Å²) in [7, 11) is 0. The molecule has 11 heavy (non-hydrogen) atoms. The van der Waals surface area contributed by atoms with E-state index in [1.54, 1.807) is 6.92 Å². The fraction of sp³-hybridized carbons (Fsp3) is 0.875. The summed E-state index contributed by atoms with van der Waals surface area (Å²) in [5, 5.41) is 18.2. The average molecular weight is 158 g/mol. The van der Waals surface area contributed by atoms with Crippen molar-refractivity contribution >= 4 is 5.97 Å². The second-order valence-electron chi connectivity index (χ2n) is 3.48. The Bertz CT molecular complexity index is 167. The molecule has 0 radical (unpaired) electrons. The maximum Gasteiger partial charge on any atom is 0.311 e. The van der Waals surface area contributed by atoms with E-state index in [0.717, 1.165) is 12.8 Å². The van der Waals surface area contributed by atoms with Crippen molar-refractivity contribution in [1.29, 1.82) is 0 Å². The van der Waals surface area contributed by atoms with Gasteiger partial charge in [0.25, 0.3) is 0 Å². The molecule has 0 aliphatic heterocycles. The predicted octanol–water partition coefficient (Wildman–Crippen LogP) is 1.01. The van der Waals surface area contributed by atoms with Crippen molar-refractivity contribution in [3.05, 3.63) is 0 Å². The van der Waals surface area contributed by atoms with Crippen molar-refractivity contribution < 1.29 is 15.0 Å². The van der Waals surface area contributed by atoms with Crippen molar-refractivity contribution in [2.75, 3.05) is 0 Å². The maximum absolute atomic E-state index is 10.7. The Hall–Kier alpha value is -0.570. The number of aliphatic hydroxyl groups is 1. The number of carboxylic acids is 1. The largest absolute Gasteiger partial charge is 0.481 e. The summed E-state index contributed by atoms with van der Waals surface area (Å²) >= 11 is 0. The SMILES string of the molecule is C[C@@]1(C(=O)O)CCCC[C@H]1O. The summed E-state index contributed by atoms with van der Waals surface area (Å²) in [6, 6.07) is 0. The zero-order valence-corrected chi connectivity index (χ0v) is 6.71. The minimum Gasteiger partial charge on any atom is -0.481 e. The number of aliphatic carboxylic acids is 1. The fourth-order valence-electron chi connectivity index (χ4n) is 1.56. The van der Waals surface area contributed by atoms with E-state index in [0.29, 0.717) is 12.8 Å². The van der Waals surface area contributed by atoms with Crippen LogP contribution in [0.5, 0.6) is 0 Å².